The molecule has 0 radical (unpaired) electrons. The summed E-state index contributed by atoms with van der Waals surface area (Å²) < 4.78 is 1.55. The lowest BCUT2D eigenvalue weighted by atomic mass is 10.1. The number of anilines is 2. The number of piperidine rings is 1. The molecule has 32 heavy (non-hydrogen) atoms. The molecule has 2 aliphatic heterocycles. The normalized spacial score (nSPS) is 17.0. The van der Waals surface area contributed by atoms with E-state index in [0.717, 1.165) is 49.3 Å². The van der Waals surface area contributed by atoms with E-state index in [-0.39, 0.29) is 5.91 Å². The van der Waals surface area contributed by atoms with Crippen molar-refractivity contribution in [1.29, 1.82) is 0 Å². The Balaban J connectivity index is 1.26. The number of nitrogens with zero attached hydrogens (tertiary/aromatic N) is 9. The Hall–Kier alpha value is -3.56. The van der Waals surface area contributed by atoms with Crippen LogP contribution in [0.2, 0.25) is 0 Å². The van der Waals surface area contributed by atoms with Gasteiger partial charge in [-0.2, -0.15) is 4.98 Å². The molecule has 0 spiro atoms. The number of aromatic nitrogens is 6. The van der Waals surface area contributed by atoms with Gasteiger partial charge in [-0.15, -0.1) is 5.10 Å². The molecule has 0 N–H and O–H groups in total. The molecule has 2 saturated heterocycles. The molecule has 2 aliphatic rings. The predicted molar refractivity (Wildman–Crippen MR) is 120 cm³/mol. The highest BCUT2D eigenvalue weighted by Crippen LogP contribution is 2.22. The standard InChI is InChI=1S/C22H27N9O/c1-17-14-20(25-22(24-17)30-8-3-2-4-9-30)28-10-12-29(13-11-28)21(32)18-6-5-7-19(15-18)31-16-23-26-27-31/h5-7,14-16H,2-4,8-13H2,1H3. The molecule has 2 aromatic heterocycles. The Morgan fingerprint density at radius 2 is 1.72 bits per heavy atom. The van der Waals surface area contributed by atoms with Crippen molar-refractivity contribution in [2.75, 3.05) is 49.1 Å². The highest BCUT2D eigenvalue weighted by molar-refractivity contribution is 5.95. The van der Waals surface area contributed by atoms with Gasteiger partial charge in [-0.3, -0.25) is 4.79 Å². The van der Waals surface area contributed by atoms with Gasteiger partial charge < -0.3 is 14.7 Å². The second-order valence-electron chi connectivity index (χ2n) is 8.30. The number of benzene rings is 1. The van der Waals surface area contributed by atoms with Crippen LogP contribution < -0.4 is 9.80 Å². The molecular formula is C22H27N9O. The van der Waals surface area contributed by atoms with Crippen molar-refractivity contribution in [3.63, 3.8) is 0 Å². The molecule has 3 aromatic rings. The maximum atomic E-state index is 13.1. The minimum atomic E-state index is 0.0208. The van der Waals surface area contributed by atoms with Crippen LogP contribution in [0.25, 0.3) is 5.69 Å². The van der Waals surface area contributed by atoms with Crippen molar-refractivity contribution < 1.29 is 4.79 Å². The molecule has 5 rings (SSSR count). The van der Waals surface area contributed by atoms with E-state index in [9.17, 15) is 4.79 Å². The number of carbonyl (C=O) groups is 1. The summed E-state index contributed by atoms with van der Waals surface area (Å²) in [6.45, 7) is 6.86. The lowest BCUT2D eigenvalue weighted by Gasteiger charge is -2.36. The van der Waals surface area contributed by atoms with Gasteiger partial charge >= 0.3 is 0 Å². The van der Waals surface area contributed by atoms with Crippen LogP contribution in [-0.2, 0) is 0 Å². The van der Waals surface area contributed by atoms with Gasteiger partial charge in [0.15, 0.2) is 0 Å². The van der Waals surface area contributed by atoms with Gasteiger partial charge in [-0.05, 0) is 54.8 Å². The van der Waals surface area contributed by atoms with E-state index in [0.29, 0.717) is 18.7 Å². The summed E-state index contributed by atoms with van der Waals surface area (Å²) >= 11 is 0. The molecule has 0 atom stereocenters. The van der Waals surface area contributed by atoms with E-state index in [2.05, 4.69) is 30.3 Å². The summed E-state index contributed by atoms with van der Waals surface area (Å²) in [5, 5.41) is 11.2. The van der Waals surface area contributed by atoms with Gasteiger partial charge in [0.25, 0.3) is 5.91 Å². The average Bonchev–Trinajstić information content (AvgIpc) is 3.39. The van der Waals surface area contributed by atoms with E-state index in [1.54, 1.807) is 4.68 Å². The molecule has 2 fully saturated rings. The van der Waals surface area contributed by atoms with E-state index in [1.165, 1.54) is 25.6 Å². The molecule has 10 nitrogen and oxygen atoms in total. The zero-order chi connectivity index (χ0) is 21.9. The van der Waals surface area contributed by atoms with Crippen LogP contribution in [0.1, 0.15) is 35.3 Å². The van der Waals surface area contributed by atoms with E-state index >= 15 is 0 Å². The minimum Gasteiger partial charge on any atom is -0.353 e. The first-order chi connectivity index (χ1) is 15.7. The van der Waals surface area contributed by atoms with Gasteiger partial charge in [0, 0.05) is 56.6 Å². The number of rotatable bonds is 4. The number of hydrogen-bond donors (Lipinski definition) is 0. The van der Waals surface area contributed by atoms with Crippen LogP contribution in [0.5, 0.6) is 0 Å². The highest BCUT2D eigenvalue weighted by atomic mass is 16.2. The SMILES string of the molecule is Cc1cc(N2CCN(C(=O)c3cccc(-n4cnnn4)c3)CC2)nc(N2CCCCC2)n1. The van der Waals surface area contributed by atoms with E-state index in [4.69, 9.17) is 4.98 Å². The Morgan fingerprint density at radius 1 is 0.906 bits per heavy atom. The second-order valence-corrected chi connectivity index (χ2v) is 8.30. The van der Waals surface area contributed by atoms with Crippen molar-refractivity contribution in [2.24, 2.45) is 0 Å². The van der Waals surface area contributed by atoms with Crippen LogP contribution in [0.3, 0.4) is 0 Å². The molecule has 10 heteroatoms. The monoisotopic (exact) mass is 433 g/mol. The fraction of sp³-hybridized carbons (Fsp3) is 0.455. The van der Waals surface area contributed by atoms with Gasteiger partial charge in [0.1, 0.15) is 12.1 Å². The number of piperazine rings is 1. The molecule has 4 heterocycles. The quantitative estimate of drug-likeness (QED) is 0.614. The molecule has 1 amide bonds. The fourth-order valence-electron chi connectivity index (χ4n) is 4.32. The summed E-state index contributed by atoms with van der Waals surface area (Å²) in [6, 6.07) is 9.43. The molecule has 0 unspecified atom stereocenters. The summed E-state index contributed by atoms with van der Waals surface area (Å²) in [7, 11) is 0. The molecule has 0 saturated carbocycles. The molecule has 1 aromatic carbocycles. The Morgan fingerprint density at radius 3 is 2.47 bits per heavy atom. The summed E-state index contributed by atoms with van der Waals surface area (Å²) in [5.41, 5.74) is 2.38. The van der Waals surface area contributed by atoms with Gasteiger partial charge in [-0.1, -0.05) is 6.07 Å². The van der Waals surface area contributed by atoms with E-state index < -0.39 is 0 Å². The fourth-order valence-corrected chi connectivity index (χ4v) is 4.32. The number of carbonyl (C=O) groups excluding carboxylic acids is 1. The second kappa shape index (κ2) is 8.89. The number of tetrazole rings is 1. The highest BCUT2D eigenvalue weighted by Gasteiger charge is 2.24. The molecule has 166 valence electrons. The third-order valence-corrected chi connectivity index (χ3v) is 6.07. The van der Waals surface area contributed by atoms with Gasteiger partial charge in [0.2, 0.25) is 5.95 Å². The first kappa shape index (κ1) is 20.3. The van der Waals surface area contributed by atoms with Crippen molar-refractivity contribution in [2.45, 2.75) is 26.2 Å². The molecule has 0 aliphatic carbocycles. The van der Waals surface area contributed by atoms with E-state index in [1.807, 2.05) is 42.2 Å². The number of amides is 1. The Bertz CT molecular complexity index is 1070. The lowest BCUT2D eigenvalue weighted by Crippen LogP contribution is -2.49. The first-order valence-electron chi connectivity index (χ1n) is 11.2. The topological polar surface area (TPSA) is 96.2 Å². The Labute approximate surface area is 186 Å². The van der Waals surface area contributed by atoms with Gasteiger partial charge in [-0.25, -0.2) is 9.67 Å². The van der Waals surface area contributed by atoms with Crippen molar-refractivity contribution >= 4 is 17.7 Å². The lowest BCUT2D eigenvalue weighted by molar-refractivity contribution is 0.0746. The van der Waals surface area contributed by atoms with Crippen LogP contribution in [0, 0.1) is 6.92 Å². The number of aryl methyl sites for hydroxylation is 1. The third-order valence-electron chi connectivity index (χ3n) is 6.07. The first-order valence-corrected chi connectivity index (χ1v) is 11.2. The van der Waals surface area contributed by atoms with Crippen LogP contribution >= 0.6 is 0 Å². The maximum absolute atomic E-state index is 13.1. The van der Waals surface area contributed by atoms with Crippen molar-refractivity contribution in [3.05, 3.63) is 47.9 Å². The maximum Gasteiger partial charge on any atom is 0.254 e. The molecular weight excluding hydrogens is 406 g/mol. The average molecular weight is 434 g/mol. The Kier molecular flexibility index (Phi) is 5.66. The summed E-state index contributed by atoms with van der Waals surface area (Å²) in [5.74, 6) is 1.80. The summed E-state index contributed by atoms with van der Waals surface area (Å²) in [4.78, 5) is 29.1. The van der Waals surface area contributed by atoms with Gasteiger partial charge in [0.05, 0.1) is 5.69 Å². The minimum absolute atomic E-state index is 0.0208. The van der Waals surface area contributed by atoms with Crippen molar-refractivity contribution in [3.8, 4) is 5.69 Å². The van der Waals surface area contributed by atoms with Crippen LogP contribution in [-0.4, -0.2) is 80.3 Å². The number of hydrogen-bond acceptors (Lipinski definition) is 8. The third kappa shape index (κ3) is 4.25. The molecule has 0 bridgehead atoms. The largest absolute Gasteiger partial charge is 0.353 e. The summed E-state index contributed by atoms with van der Waals surface area (Å²) in [6.07, 6.45) is 5.19. The van der Waals surface area contributed by atoms with Crippen LogP contribution in [0.15, 0.2) is 36.7 Å². The smallest absolute Gasteiger partial charge is 0.254 e. The van der Waals surface area contributed by atoms with Crippen LogP contribution in [0.4, 0.5) is 11.8 Å². The zero-order valence-electron chi connectivity index (χ0n) is 18.3. The van der Waals surface area contributed by atoms with Crippen molar-refractivity contribution in [1.82, 2.24) is 35.1 Å². The zero-order valence-corrected chi connectivity index (χ0v) is 18.3. The predicted octanol–water partition coefficient (Wildman–Crippen LogP) is 1.71.